The molecule has 0 saturated carbocycles. The molecule has 32 heavy (non-hydrogen) atoms. The molecule has 0 aliphatic carbocycles. The number of methoxy groups -OCH3 is 1. The number of nitrogens with two attached hydrogens (primary N) is 1. The van der Waals surface area contributed by atoms with E-state index in [-0.39, 0.29) is 28.0 Å². The number of ether oxygens (including phenoxy) is 1. The molecule has 2 aromatic rings. The standard InChI is InChI=1S/C10H11BrFNO2.C9H10BrFN2O.CH4O.CH4/c1-3-4-6-5-7(12)9(11)13-8(6)10(14)15-2;1-2-3-5-4-6(11)8(10)13-7(5)9(12)14;1-2;/h5H,3-4H2,1-2H3;4H,2-3H2,1H3,(H2,12,14);2H,1H3;1H4. The molecule has 11 heteroatoms. The lowest BCUT2D eigenvalue weighted by molar-refractivity contribution is 0.0592. The molecule has 3 N–H and O–H groups in total. The number of hydrogen-bond donors (Lipinski definition) is 2. The van der Waals surface area contributed by atoms with Crippen molar-refractivity contribution < 1.29 is 28.2 Å². The molecule has 1 amide bonds. The van der Waals surface area contributed by atoms with Crippen molar-refractivity contribution in [3.63, 3.8) is 0 Å². The minimum atomic E-state index is -0.630. The van der Waals surface area contributed by atoms with Crippen LogP contribution in [0, 0.1) is 11.6 Å². The second-order valence-electron chi connectivity index (χ2n) is 5.89. The summed E-state index contributed by atoms with van der Waals surface area (Å²) in [5.41, 5.74) is 6.56. The third-order valence-electron chi connectivity index (χ3n) is 3.68. The highest BCUT2D eigenvalue weighted by molar-refractivity contribution is 9.10. The lowest BCUT2D eigenvalue weighted by Crippen LogP contribution is -2.16. The number of aliphatic hydroxyl groups is 1. The zero-order valence-electron chi connectivity index (χ0n) is 17.6. The van der Waals surface area contributed by atoms with E-state index in [1.807, 2.05) is 13.8 Å². The average molecular weight is 585 g/mol. The van der Waals surface area contributed by atoms with Gasteiger partial charge in [-0.1, -0.05) is 34.1 Å². The topological polar surface area (TPSA) is 115 Å². The van der Waals surface area contributed by atoms with Gasteiger partial charge in [0, 0.05) is 7.11 Å². The molecule has 2 rings (SSSR count). The number of primary amides is 1. The smallest absolute Gasteiger partial charge is 0.356 e. The zero-order valence-corrected chi connectivity index (χ0v) is 20.8. The van der Waals surface area contributed by atoms with Crippen LogP contribution in [0.4, 0.5) is 8.78 Å². The second kappa shape index (κ2) is 16.6. The summed E-state index contributed by atoms with van der Waals surface area (Å²) >= 11 is 5.84. The molecule has 2 heterocycles. The van der Waals surface area contributed by atoms with Crippen LogP contribution in [0.3, 0.4) is 0 Å². The Labute approximate surface area is 204 Å². The van der Waals surface area contributed by atoms with Crippen LogP contribution < -0.4 is 5.73 Å². The van der Waals surface area contributed by atoms with E-state index in [0.29, 0.717) is 24.0 Å². The summed E-state index contributed by atoms with van der Waals surface area (Å²) in [4.78, 5) is 29.9. The number of aryl methyl sites for hydroxylation is 2. The number of hydrogen-bond acceptors (Lipinski definition) is 6. The molecule has 0 atom stereocenters. The molecule has 0 aromatic carbocycles. The largest absolute Gasteiger partial charge is 0.464 e. The number of halogens is 4. The molecule has 0 aliphatic heterocycles. The quantitative estimate of drug-likeness (QED) is 0.364. The predicted molar refractivity (Wildman–Crippen MR) is 127 cm³/mol. The molecule has 2 aromatic heterocycles. The Hall–Kier alpha value is -1.98. The fourth-order valence-corrected chi connectivity index (χ4v) is 3.00. The van der Waals surface area contributed by atoms with Gasteiger partial charge in [-0.05, 0) is 68.0 Å². The van der Waals surface area contributed by atoms with Crippen molar-refractivity contribution in [1.29, 1.82) is 0 Å². The molecular weight excluding hydrogens is 556 g/mol. The van der Waals surface area contributed by atoms with E-state index in [9.17, 15) is 18.4 Å². The summed E-state index contributed by atoms with van der Waals surface area (Å²) in [5.74, 6) is -2.11. The molecule has 0 spiro atoms. The Balaban J connectivity index is 0. The van der Waals surface area contributed by atoms with Crippen molar-refractivity contribution in [3.8, 4) is 0 Å². The van der Waals surface area contributed by atoms with Crippen LogP contribution in [0.2, 0.25) is 0 Å². The number of pyridine rings is 2. The van der Waals surface area contributed by atoms with E-state index < -0.39 is 23.5 Å². The molecule has 0 aliphatic rings. The lowest BCUT2D eigenvalue weighted by atomic mass is 10.1. The van der Waals surface area contributed by atoms with Crippen LogP contribution in [-0.4, -0.2) is 41.2 Å². The second-order valence-corrected chi connectivity index (χ2v) is 7.40. The van der Waals surface area contributed by atoms with Crippen LogP contribution in [0.25, 0.3) is 0 Å². The molecule has 0 radical (unpaired) electrons. The van der Waals surface area contributed by atoms with Crippen molar-refractivity contribution in [3.05, 3.63) is 55.5 Å². The van der Waals surface area contributed by atoms with Gasteiger partial charge in [0.2, 0.25) is 0 Å². The van der Waals surface area contributed by atoms with Crippen molar-refractivity contribution in [2.24, 2.45) is 5.73 Å². The third-order valence-corrected chi connectivity index (χ3v) is 4.79. The maximum absolute atomic E-state index is 13.2. The number of carbonyl (C=O) groups excluding carboxylic acids is 2. The Morgan fingerprint density at radius 2 is 1.34 bits per heavy atom. The molecule has 0 fully saturated rings. The average Bonchev–Trinajstić information content (AvgIpc) is 2.74. The first kappa shape index (κ1) is 32.2. The van der Waals surface area contributed by atoms with E-state index in [0.717, 1.165) is 20.0 Å². The third kappa shape index (κ3) is 9.66. The minimum Gasteiger partial charge on any atom is -0.464 e. The van der Waals surface area contributed by atoms with E-state index in [1.165, 1.54) is 19.2 Å². The van der Waals surface area contributed by atoms with E-state index in [4.69, 9.17) is 10.8 Å². The predicted octanol–water partition coefficient (Wildman–Crippen LogP) is 5.00. The van der Waals surface area contributed by atoms with Crippen LogP contribution in [0.5, 0.6) is 0 Å². The first-order valence-electron chi connectivity index (χ1n) is 9.18. The Bertz CT molecular complexity index is 900. The number of nitrogens with zero attached hydrogens (tertiary/aromatic N) is 2. The van der Waals surface area contributed by atoms with Gasteiger partial charge in [0.25, 0.3) is 5.91 Å². The van der Waals surface area contributed by atoms with E-state index in [1.54, 1.807) is 0 Å². The van der Waals surface area contributed by atoms with Gasteiger partial charge in [-0.15, -0.1) is 0 Å². The van der Waals surface area contributed by atoms with E-state index >= 15 is 0 Å². The summed E-state index contributed by atoms with van der Waals surface area (Å²) in [7, 11) is 2.27. The maximum atomic E-state index is 13.2. The van der Waals surface area contributed by atoms with Gasteiger partial charge < -0.3 is 15.6 Å². The first-order chi connectivity index (χ1) is 14.7. The molecular formula is C21H29Br2F2N3O4. The summed E-state index contributed by atoms with van der Waals surface area (Å²) in [6.07, 6.45) is 2.81. The number of carbonyl (C=O) groups is 2. The fraction of sp³-hybridized carbons (Fsp3) is 0.429. The number of esters is 1. The molecule has 7 nitrogen and oxygen atoms in total. The number of rotatable bonds is 6. The van der Waals surface area contributed by atoms with Crippen LogP contribution in [0.15, 0.2) is 21.3 Å². The van der Waals surface area contributed by atoms with Crippen LogP contribution in [-0.2, 0) is 17.6 Å². The highest BCUT2D eigenvalue weighted by atomic mass is 79.9. The minimum absolute atomic E-state index is 0. The normalized spacial score (nSPS) is 9.41. The molecule has 0 saturated heterocycles. The molecule has 0 unspecified atom stereocenters. The Morgan fingerprint density at radius 1 is 0.969 bits per heavy atom. The number of amides is 1. The van der Waals surface area contributed by atoms with Gasteiger partial charge in [-0.3, -0.25) is 4.79 Å². The van der Waals surface area contributed by atoms with Crippen molar-refractivity contribution >= 4 is 43.7 Å². The Kier molecular flexibility index (Phi) is 16.7. The monoisotopic (exact) mass is 583 g/mol. The van der Waals surface area contributed by atoms with E-state index in [2.05, 4.69) is 46.6 Å². The highest BCUT2D eigenvalue weighted by Gasteiger charge is 2.16. The van der Waals surface area contributed by atoms with Gasteiger partial charge in [-0.25, -0.2) is 23.5 Å². The highest BCUT2D eigenvalue weighted by Crippen LogP contribution is 2.19. The first-order valence-corrected chi connectivity index (χ1v) is 10.8. The summed E-state index contributed by atoms with van der Waals surface area (Å²) in [6.45, 7) is 3.88. The van der Waals surface area contributed by atoms with Crippen molar-refractivity contribution in [2.45, 2.75) is 47.0 Å². The van der Waals surface area contributed by atoms with Crippen molar-refractivity contribution in [1.82, 2.24) is 9.97 Å². The lowest BCUT2D eigenvalue weighted by Gasteiger charge is -2.06. The maximum Gasteiger partial charge on any atom is 0.356 e. The molecule has 180 valence electrons. The van der Waals surface area contributed by atoms with Gasteiger partial charge in [0.05, 0.1) is 7.11 Å². The van der Waals surface area contributed by atoms with Gasteiger partial charge in [-0.2, -0.15) is 0 Å². The number of aliphatic hydroxyl groups excluding tert-OH is 1. The summed E-state index contributed by atoms with van der Waals surface area (Å²) in [6, 6.07) is 2.60. The van der Waals surface area contributed by atoms with Crippen LogP contribution >= 0.6 is 31.9 Å². The van der Waals surface area contributed by atoms with Gasteiger partial charge in [0.15, 0.2) is 17.3 Å². The summed E-state index contributed by atoms with van der Waals surface area (Å²) < 4.78 is 30.9. The fourth-order valence-electron chi connectivity index (χ4n) is 2.42. The number of aromatic nitrogens is 2. The van der Waals surface area contributed by atoms with Crippen molar-refractivity contribution in [2.75, 3.05) is 14.2 Å². The zero-order chi connectivity index (χ0) is 24.1. The Morgan fingerprint density at radius 3 is 1.69 bits per heavy atom. The SMILES string of the molecule is C.CCCc1cc(F)c(Br)nc1C(=O)OC.CCCc1cc(F)c(Br)nc1C(N)=O.CO. The van der Waals surface area contributed by atoms with Crippen LogP contribution in [0.1, 0.15) is 66.2 Å². The van der Waals surface area contributed by atoms with Gasteiger partial charge in [0.1, 0.15) is 14.9 Å². The summed E-state index contributed by atoms with van der Waals surface area (Å²) in [5, 5.41) is 7.00. The van der Waals surface area contributed by atoms with Gasteiger partial charge >= 0.3 is 5.97 Å². The molecule has 0 bridgehead atoms.